The maximum Gasteiger partial charge on any atom is 0.297 e. The van der Waals surface area contributed by atoms with Gasteiger partial charge in [0.05, 0.1) is 31.0 Å². The standard InChI is InChI=1S/C44H33N9O26S7/c1-78-20-5-3-19(4-6-20)46-51-37-32(83(66,67)68)16-24-22(40(37)54)9-12-28(44(24)86(75,76)77)49-53-39-31(82(63,64)65)14-18-13-30(81(60,61)62)36(35(45)34(18)42(39)56)50-48-27-11-8-23-25(43(27)85(72,73)74)17-33(84(69,70)71)38(41(23)55)52-47-26-10-7-21(79-2)15-29(26)80(57,58)59/h3-17,54-56H,45H2,1-2H3,(H,57,58,59)(H,60,61,62)(H,63,64,65)(H,66,67,68)(H,69,70,71)(H,72,73,74)(H,75,76,77). The zero-order chi connectivity index (χ0) is 63.8. The first kappa shape index (κ1) is 63.1. The second-order valence-electron chi connectivity index (χ2n) is 17.1. The molecule has 8 rings (SSSR count). The van der Waals surface area contributed by atoms with Crippen LogP contribution >= 0.6 is 0 Å². The van der Waals surface area contributed by atoms with Gasteiger partial charge in [0, 0.05) is 27.6 Å². The maximum atomic E-state index is 13.1. The molecular weight excluding hydrogens is 1290 g/mol. The SMILES string of the molecule is COc1ccc(N=Nc2c(S(=O)(=O)O)cc3c(S(=O)(=O)O)c(N=Nc4c(S(=O)(=O)O)cc5cc(S(=O)(=O)O)c(N=Nc6ccc7c(O)c(N=Nc8ccc(OC)cc8S(=O)(=O)O)c(S(=O)(=O)O)cc7c6S(=O)(=O)O)c(N)c5c4O)ccc3c2O)cc1. The molecule has 35 nitrogen and oxygen atoms in total. The lowest BCUT2D eigenvalue weighted by Gasteiger charge is -2.15. The average molecular weight is 1330 g/mol. The molecule has 0 saturated heterocycles. The summed E-state index contributed by atoms with van der Waals surface area (Å²) in [7, 11) is -36.7. The minimum absolute atomic E-state index is 0.0397. The van der Waals surface area contributed by atoms with E-state index in [0.29, 0.717) is 36.1 Å². The van der Waals surface area contributed by atoms with Crippen LogP contribution in [0.4, 0.5) is 51.2 Å². The fourth-order valence-electron chi connectivity index (χ4n) is 8.13. The number of azo groups is 4. The van der Waals surface area contributed by atoms with Crippen molar-refractivity contribution >= 4 is 154 Å². The van der Waals surface area contributed by atoms with E-state index in [9.17, 15) is 106 Å². The molecule has 0 amide bonds. The van der Waals surface area contributed by atoms with Crippen LogP contribution in [0.3, 0.4) is 0 Å². The number of nitrogens with zero attached hydrogens (tertiary/aromatic N) is 8. The normalized spacial score (nSPS) is 13.4. The van der Waals surface area contributed by atoms with Gasteiger partial charge in [0.15, 0.2) is 17.2 Å². The van der Waals surface area contributed by atoms with E-state index >= 15 is 0 Å². The van der Waals surface area contributed by atoms with Crippen LogP contribution < -0.4 is 15.2 Å². The minimum Gasteiger partial charge on any atom is -0.505 e. The number of anilines is 1. The summed E-state index contributed by atoms with van der Waals surface area (Å²) in [6.07, 6.45) is 0. The average Bonchev–Trinajstić information content (AvgIpc) is 0.771. The lowest BCUT2D eigenvalue weighted by molar-refractivity contribution is 0.412. The Morgan fingerprint density at radius 3 is 1.10 bits per heavy atom. The van der Waals surface area contributed by atoms with Gasteiger partial charge in [-0.15, -0.1) is 35.8 Å². The Kier molecular flexibility index (Phi) is 16.3. The Morgan fingerprint density at radius 2 is 0.698 bits per heavy atom. The molecule has 0 aliphatic rings. The molecule has 86 heavy (non-hydrogen) atoms. The second kappa shape index (κ2) is 22.2. The molecule has 0 unspecified atom stereocenters. The maximum absolute atomic E-state index is 13.1. The predicted molar refractivity (Wildman–Crippen MR) is 293 cm³/mol. The lowest BCUT2D eigenvalue weighted by Crippen LogP contribution is -2.04. The lowest BCUT2D eigenvalue weighted by atomic mass is 10.0. The number of hydrogen-bond donors (Lipinski definition) is 11. The van der Waals surface area contributed by atoms with Crippen LogP contribution in [0.1, 0.15) is 0 Å². The summed E-state index contributed by atoms with van der Waals surface area (Å²) < 4.78 is 261. The summed E-state index contributed by atoms with van der Waals surface area (Å²) >= 11 is 0. The zero-order valence-corrected chi connectivity index (χ0v) is 47.9. The van der Waals surface area contributed by atoms with E-state index in [-0.39, 0.29) is 17.5 Å². The molecule has 12 N–H and O–H groups in total. The largest absolute Gasteiger partial charge is 0.505 e. The Bertz CT molecular complexity index is 5260. The van der Waals surface area contributed by atoms with Crippen LogP contribution in [-0.4, -0.2) is 120 Å². The number of hydrogen-bond acceptors (Lipinski definition) is 28. The van der Waals surface area contributed by atoms with Crippen molar-refractivity contribution in [2.75, 3.05) is 20.0 Å². The highest BCUT2D eigenvalue weighted by atomic mass is 32.2. The summed E-state index contributed by atoms with van der Waals surface area (Å²) in [5.41, 5.74) is -2.65. The van der Waals surface area contributed by atoms with Crippen molar-refractivity contribution in [1.82, 2.24) is 0 Å². The van der Waals surface area contributed by atoms with Crippen molar-refractivity contribution in [3.63, 3.8) is 0 Å². The second-order valence-corrected chi connectivity index (χ2v) is 26.8. The molecule has 0 radical (unpaired) electrons. The molecule has 0 heterocycles. The van der Waals surface area contributed by atoms with E-state index in [0.717, 1.165) is 37.4 Å². The van der Waals surface area contributed by atoms with Crippen molar-refractivity contribution in [2.45, 2.75) is 34.3 Å². The number of ether oxygens (including phenoxy) is 2. The first-order chi connectivity index (χ1) is 39.7. The highest BCUT2D eigenvalue weighted by molar-refractivity contribution is 7.87. The summed E-state index contributed by atoms with van der Waals surface area (Å²) in [6, 6.07) is 12.5. The summed E-state index contributed by atoms with van der Waals surface area (Å²) in [4.78, 5) is -9.64. The molecule has 8 aromatic rings. The van der Waals surface area contributed by atoms with Gasteiger partial charge in [-0.3, -0.25) is 31.9 Å². The number of benzene rings is 8. The molecule has 0 aliphatic heterocycles. The van der Waals surface area contributed by atoms with Crippen LogP contribution in [0.5, 0.6) is 28.7 Å². The van der Waals surface area contributed by atoms with Gasteiger partial charge in [-0.2, -0.15) is 64.0 Å². The van der Waals surface area contributed by atoms with Crippen LogP contribution in [0, 0.1) is 0 Å². The molecule has 0 aliphatic carbocycles. The summed E-state index contributed by atoms with van der Waals surface area (Å²) in [5.74, 6) is -3.82. The topological polar surface area (TPSA) is 585 Å². The van der Waals surface area contributed by atoms with Crippen LogP contribution in [0.15, 0.2) is 166 Å². The molecule has 0 spiro atoms. The van der Waals surface area contributed by atoms with Gasteiger partial charge in [-0.1, -0.05) is 0 Å². The van der Waals surface area contributed by atoms with Crippen molar-refractivity contribution in [3.05, 3.63) is 91.0 Å². The highest BCUT2D eigenvalue weighted by Crippen LogP contribution is 2.51. The summed E-state index contributed by atoms with van der Waals surface area (Å²) in [6.45, 7) is 0. The number of phenols is 3. The van der Waals surface area contributed by atoms with Gasteiger partial charge < -0.3 is 30.5 Å². The van der Waals surface area contributed by atoms with Gasteiger partial charge in [0.2, 0.25) is 0 Å². The summed E-state index contributed by atoms with van der Waals surface area (Å²) in [5, 5.41) is 58.0. The Morgan fingerprint density at radius 1 is 0.349 bits per heavy atom. The number of phenolic OH excluding ortho intramolecular Hbond substituents is 3. The third-order valence-electron chi connectivity index (χ3n) is 11.8. The first-order valence-corrected chi connectivity index (χ1v) is 32.3. The van der Waals surface area contributed by atoms with Crippen LogP contribution in [0.2, 0.25) is 0 Å². The quantitative estimate of drug-likeness (QED) is 0.0232. The molecule has 0 atom stereocenters. The van der Waals surface area contributed by atoms with Gasteiger partial charge in [0.1, 0.15) is 85.6 Å². The van der Waals surface area contributed by atoms with Crippen molar-refractivity contribution in [1.29, 1.82) is 0 Å². The molecule has 0 saturated carbocycles. The van der Waals surface area contributed by atoms with Gasteiger partial charge >= 0.3 is 0 Å². The van der Waals surface area contributed by atoms with E-state index in [1.54, 1.807) is 0 Å². The number of nitrogens with two attached hydrogens (primary N) is 1. The number of methoxy groups -OCH3 is 2. The number of fused-ring (bicyclic) bond motifs is 3. The third-order valence-corrected chi connectivity index (χ3v) is 18.1. The molecule has 42 heteroatoms. The fourth-order valence-corrected chi connectivity index (χ4v) is 13.0. The fraction of sp³-hybridized carbons (Fsp3) is 0.0455. The van der Waals surface area contributed by atoms with Crippen molar-refractivity contribution in [3.8, 4) is 28.7 Å². The number of rotatable bonds is 17. The Labute approximate surface area is 482 Å². The van der Waals surface area contributed by atoms with E-state index in [1.807, 2.05) is 0 Å². The van der Waals surface area contributed by atoms with E-state index in [2.05, 4.69) is 40.9 Å². The van der Waals surface area contributed by atoms with Crippen LogP contribution in [0.25, 0.3) is 32.3 Å². The van der Waals surface area contributed by atoms with E-state index in [1.165, 1.54) is 31.4 Å². The van der Waals surface area contributed by atoms with Crippen molar-refractivity contribution < 1.29 is 116 Å². The zero-order valence-electron chi connectivity index (χ0n) is 42.2. The van der Waals surface area contributed by atoms with E-state index < -0.39 is 200 Å². The number of aromatic hydroxyl groups is 3. The molecule has 8 aromatic carbocycles. The monoisotopic (exact) mass is 1330 g/mol. The number of nitrogen functional groups attached to an aromatic ring is 1. The predicted octanol–water partition coefficient (Wildman–Crippen LogP) is 8.25. The molecule has 0 bridgehead atoms. The van der Waals surface area contributed by atoms with Crippen molar-refractivity contribution in [2.24, 2.45) is 40.9 Å². The minimum atomic E-state index is -5.79. The smallest absolute Gasteiger partial charge is 0.297 e. The Balaban J connectivity index is 1.32. The third kappa shape index (κ3) is 12.4. The molecule has 0 fully saturated rings. The van der Waals surface area contributed by atoms with Gasteiger partial charge in [0.25, 0.3) is 70.8 Å². The molecule has 0 aromatic heterocycles. The highest BCUT2D eigenvalue weighted by Gasteiger charge is 2.33. The molecular formula is C44H33N9O26S7. The molecule has 452 valence electrons. The van der Waals surface area contributed by atoms with E-state index in [4.69, 9.17) is 15.2 Å². The van der Waals surface area contributed by atoms with Gasteiger partial charge in [-0.05, 0) is 90.3 Å². The van der Waals surface area contributed by atoms with Gasteiger partial charge in [-0.25, -0.2) is 0 Å². The van der Waals surface area contributed by atoms with Crippen LogP contribution in [-0.2, 0) is 70.8 Å². The Hall–Kier alpha value is -8.89. The first-order valence-electron chi connectivity index (χ1n) is 22.3.